The molecule has 2 heteroatoms. The van der Waals surface area contributed by atoms with E-state index >= 15 is 0 Å². The van der Waals surface area contributed by atoms with Crippen molar-refractivity contribution >= 4 is 8.32 Å². The van der Waals surface area contributed by atoms with Gasteiger partial charge in [0.25, 0.3) is 0 Å². The van der Waals surface area contributed by atoms with Crippen LogP contribution in [0.5, 0.6) is 0 Å². The normalized spacial score (nSPS) is 24.0. The van der Waals surface area contributed by atoms with Gasteiger partial charge in [0.05, 0.1) is 0 Å². The Balaban J connectivity index is 2.71. The third-order valence-electron chi connectivity index (χ3n) is 4.17. The summed E-state index contributed by atoms with van der Waals surface area (Å²) >= 11 is 0. The second kappa shape index (κ2) is 4.14. The number of hydrogen-bond acceptors (Lipinski definition) is 1. The van der Waals surface area contributed by atoms with Crippen LogP contribution in [0.1, 0.15) is 45.4 Å². The van der Waals surface area contributed by atoms with Crippen molar-refractivity contribution in [3.63, 3.8) is 0 Å². The van der Waals surface area contributed by atoms with Crippen molar-refractivity contribution in [3.05, 3.63) is 0 Å². The highest BCUT2D eigenvalue weighted by molar-refractivity contribution is 6.74. The molecule has 0 N–H and O–H groups in total. The second-order valence-corrected chi connectivity index (χ2v) is 9.83. The summed E-state index contributed by atoms with van der Waals surface area (Å²) in [5.74, 6) is 0. The summed E-state index contributed by atoms with van der Waals surface area (Å²) in [6.45, 7) is 7.20. The van der Waals surface area contributed by atoms with Crippen molar-refractivity contribution in [2.75, 3.05) is 7.11 Å². The lowest BCUT2D eigenvalue weighted by atomic mass is 10.0. The Bertz CT molecular complexity index is 157. The van der Waals surface area contributed by atoms with Crippen molar-refractivity contribution in [2.24, 2.45) is 0 Å². The number of rotatable bonds is 2. The van der Waals surface area contributed by atoms with Crippen molar-refractivity contribution in [3.8, 4) is 0 Å². The van der Waals surface area contributed by atoms with E-state index in [1.54, 1.807) is 0 Å². The van der Waals surface area contributed by atoms with E-state index in [1.165, 1.54) is 38.5 Å². The first-order valence-corrected chi connectivity index (χ1v) is 8.48. The van der Waals surface area contributed by atoms with Crippen LogP contribution in [-0.2, 0) is 4.43 Å². The van der Waals surface area contributed by atoms with Gasteiger partial charge in [-0.05, 0) is 31.0 Å². The molecule has 0 atom stereocenters. The van der Waals surface area contributed by atoms with Gasteiger partial charge < -0.3 is 4.43 Å². The van der Waals surface area contributed by atoms with E-state index < -0.39 is 8.32 Å². The van der Waals surface area contributed by atoms with E-state index in [0.717, 1.165) is 0 Å². The maximum Gasteiger partial charge on any atom is 0.192 e. The minimum atomic E-state index is -1.43. The fraction of sp³-hybridized carbons (Fsp3) is 1.00. The average molecular weight is 200 g/mol. The largest absolute Gasteiger partial charge is 0.420 e. The van der Waals surface area contributed by atoms with Crippen LogP contribution < -0.4 is 0 Å². The fourth-order valence-corrected chi connectivity index (χ4v) is 4.41. The third kappa shape index (κ3) is 2.35. The van der Waals surface area contributed by atoms with Crippen LogP contribution in [0.3, 0.4) is 0 Å². The minimum absolute atomic E-state index is 0.526. The van der Waals surface area contributed by atoms with Gasteiger partial charge in [-0.1, -0.05) is 32.6 Å². The lowest BCUT2D eigenvalue weighted by Crippen LogP contribution is -2.42. The first kappa shape index (κ1) is 11.3. The van der Waals surface area contributed by atoms with Crippen LogP contribution in [0.2, 0.25) is 18.1 Å². The SMILES string of the molecule is CO[Si](C)(C)C1(C)CCCCCC1. The molecule has 1 nitrogen and oxygen atoms in total. The Morgan fingerprint density at radius 3 is 1.85 bits per heavy atom. The van der Waals surface area contributed by atoms with E-state index in [4.69, 9.17) is 4.43 Å². The highest BCUT2D eigenvalue weighted by Crippen LogP contribution is 2.48. The van der Waals surface area contributed by atoms with Gasteiger partial charge in [0.15, 0.2) is 8.32 Å². The first-order valence-electron chi connectivity index (χ1n) is 5.57. The molecule has 0 aliphatic heterocycles. The zero-order chi connectivity index (χ0) is 9.95. The Morgan fingerprint density at radius 2 is 1.46 bits per heavy atom. The molecule has 0 aromatic rings. The fourth-order valence-electron chi connectivity index (χ4n) is 2.36. The summed E-state index contributed by atoms with van der Waals surface area (Å²) in [5.41, 5.74) is 0. The molecule has 0 heterocycles. The van der Waals surface area contributed by atoms with Gasteiger partial charge in [0.1, 0.15) is 0 Å². The van der Waals surface area contributed by atoms with Crippen LogP contribution in [-0.4, -0.2) is 15.4 Å². The molecule has 1 saturated carbocycles. The molecule has 1 rings (SSSR count). The molecule has 0 unspecified atom stereocenters. The lowest BCUT2D eigenvalue weighted by Gasteiger charge is -2.40. The molecule has 0 spiro atoms. The smallest absolute Gasteiger partial charge is 0.192 e. The highest BCUT2D eigenvalue weighted by atomic mass is 28.4. The molecule has 78 valence electrons. The van der Waals surface area contributed by atoms with E-state index in [0.29, 0.717) is 5.04 Å². The topological polar surface area (TPSA) is 9.23 Å². The summed E-state index contributed by atoms with van der Waals surface area (Å²) in [6.07, 6.45) is 8.47. The van der Waals surface area contributed by atoms with Gasteiger partial charge in [0, 0.05) is 7.11 Å². The number of hydrogen-bond donors (Lipinski definition) is 0. The maximum atomic E-state index is 5.77. The van der Waals surface area contributed by atoms with Crippen LogP contribution >= 0.6 is 0 Å². The molecule has 0 aromatic carbocycles. The monoisotopic (exact) mass is 200 g/mol. The summed E-state index contributed by atoms with van der Waals surface area (Å²) in [6, 6.07) is 0. The van der Waals surface area contributed by atoms with Crippen molar-refractivity contribution in [1.29, 1.82) is 0 Å². The van der Waals surface area contributed by atoms with Gasteiger partial charge in [0.2, 0.25) is 0 Å². The Labute approximate surface area is 84.0 Å². The third-order valence-corrected chi connectivity index (χ3v) is 8.60. The predicted octanol–water partition coefficient (Wildman–Crippen LogP) is 3.95. The molecule has 0 bridgehead atoms. The standard InChI is InChI=1S/C11H24OSi/c1-11(13(3,4)12-2)9-7-5-6-8-10-11/h5-10H2,1-4H3. The van der Waals surface area contributed by atoms with E-state index in [1.807, 2.05) is 7.11 Å². The maximum absolute atomic E-state index is 5.77. The van der Waals surface area contributed by atoms with E-state index in [2.05, 4.69) is 20.0 Å². The first-order chi connectivity index (χ1) is 6.02. The quantitative estimate of drug-likeness (QED) is 0.484. The summed E-state index contributed by atoms with van der Waals surface area (Å²) in [4.78, 5) is 0. The molecular weight excluding hydrogens is 176 g/mol. The van der Waals surface area contributed by atoms with Gasteiger partial charge in [-0.25, -0.2) is 0 Å². The molecule has 1 aliphatic rings. The zero-order valence-electron chi connectivity index (χ0n) is 9.65. The van der Waals surface area contributed by atoms with Gasteiger partial charge in [-0.2, -0.15) is 0 Å². The molecule has 0 saturated heterocycles. The van der Waals surface area contributed by atoms with E-state index in [9.17, 15) is 0 Å². The predicted molar refractivity (Wildman–Crippen MR) is 60.6 cm³/mol. The summed E-state index contributed by atoms with van der Waals surface area (Å²) < 4.78 is 5.77. The molecule has 0 amide bonds. The van der Waals surface area contributed by atoms with Crippen molar-refractivity contribution < 1.29 is 4.43 Å². The zero-order valence-corrected chi connectivity index (χ0v) is 10.7. The Morgan fingerprint density at radius 1 is 1.00 bits per heavy atom. The highest BCUT2D eigenvalue weighted by Gasteiger charge is 2.43. The molecule has 1 fully saturated rings. The van der Waals surface area contributed by atoms with Gasteiger partial charge in [-0.15, -0.1) is 0 Å². The molecular formula is C11H24OSi. The average Bonchev–Trinajstić information content (AvgIpc) is 2.31. The van der Waals surface area contributed by atoms with E-state index in [-0.39, 0.29) is 0 Å². The van der Waals surface area contributed by atoms with Crippen LogP contribution in [0.15, 0.2) is 0 Å². The molecule has 0 radical (unpaired) electrons. The van der Waals surface area contributed by atoms with Crippen LogP contribution in [0.25, 0.3) is 0 Å². The second-order valence-electron chi connectivity index (χ2n) is 5.19. The Hall–Kier alpha value is 0.177. The molecule has 1 aliphatic carbocycles. The van der Waals surface area contributed by atoms with Gasteiger partial charge in [-0.3, -0.25) is 0 Å². The van der Waals surface area contributed by atoms with Crippen LogP contribution in [0, 0.1) is 0 Å². The lowest BCUT2D eigenvalue weighted by molar-refractivity contribution is 0.342. The summed E-state index contributed by atoms with van der Waals surface area (Å²) in [7, 11) is 0.472. The minimum Gasteiger partial charge on any atom is -0.420 e. The Kier molecular flexibility index (Phi) is 3.58. The van der Waals surface area contributed by atoms with Crippen LogP contribution in [0.4, 0.5) is 0 Å². The summed E-state index contributed by atoms with van der Waals surface area (Å²) in [5, 5.41) is 0.526. The molecule has 13 heavy (non-hydrogen) atoms. The van der Waals surface area contributed by atoms with Crippen molar-refractivity contribution in [1.82, 2.24) is 0 Å². The molecule has 0 aromatic heterocycles. The van der Waals surface area contributed by atoms with Gasteiger partial charge >= 0.3 is 0 Å². The van der Waals surface area contributed by atoms with Crippen molar-refractivity contribution in [2.45, 2.75) is 63.6 Å².